The summed E-state index contributed by atoms with van der Waals surface area (Å²) in [5, 5.41) is 0. The number of nitrogens with two attached hydrogens (primary N) is 1. The second-order valence-electron chi connectivity index (χ2n) is 2.70. The van der Waals surface area contributed by atoms with Crippen molar-refractivity contribution < 1.29 is 4.74 Å². The zero-order chi connectivity index (χ0) is 6.69. The first-order valence-electron chi connectivity index (χ1n) is 3.68. The Morgan fingerprint density at radius 3 is 2.78 bits per heavy atom. The maximum absolute atomic E-state index is 5.43. The van der Waals surface area contributed by atoms with Gasteiger partial charge in [-0.15, -0.1) is 0 Å². The first-order valence-corrected chi connectivity index (χ1v) is 3.68. The Kier molecular flexibility index (Phi) is 2.49. The molecule has 0 saturated carbocycles. The number of rotatable bonds is 2. The summed E-state index contributed by atoms with van der Waals surface area (Å²) >= 11 is 0. The summed E-state index contributed by atoms with van der Waals surface area (Å²) in [6.07, 6.45) is 2.76. The molecule has 0 radical (unpaired) electrons. The van der Waals surface area contributed by atoms with E-state index in [9.17, 15) is 0 Å². The Morgan fingerprint density at radius 1 is 1.67 bits per heavy atom. The lowest BCUT2D eigenvalue weighted by Gasteiger charge is -2.02. The fourth-order valence-electron chi connectivity index (χ4n) is 1.23. The average molecular weight is 129 g/mol. The van der Waals surface area contributed by atoms with Crippen molar-refractivity contribution in [3.63, 3.8) is 0 Å². The van der Waals surface area contributed by atoms with Crippen LogP contribution in [0.25, 0.3) is 0 Å². The Hall–Kier alpha value is -0.0800. The highest BCUT2D eigenvalue weighted by atomic mass is 16.5. The van der Waals surface area contributed by atoms with E-state index in [1.54, 1.807) is 0 Å². The van der Waals surface area contributed by atoms with Crippen molar-refractivity contribution in [2.24, 2.45) is 11.7 Å². The molecular formula is C7H15NO. The quantitative estimate of drug-likeness (QED) is 0.597. The standard InChI is InChI=1S/C7H15NO/c1-2-6-3-7(4-8)9-5-6/h6-7H,2-5,8H2,1H3. The summed E-state index contributed by atoms with van der Waals surface area (Å²) in [5.74, 6) is 0.776. The van der Waals surface area contributed by atoms with Crippen LogP contribution < -0.4 is 5.73 Å². The highest BCUT2D eigenvalue weighted by molar-refractivity contribution is 4.72. The molecule has 0 aromatic rings. The van der Waals surface area contributed by atoms with Crippen LogP contribution in [0.5, 0.6) is 0 Å². The van der Waals surface area contributed by atoms with Crippen LogP contribution in [0.2, 0.25) is 0 Å². The van der Waals surface area contributed by atoms with Gasteiger partial charge >= 0.3 is 0 Å². The Labute approximate surface area is 56.4 Å². The first-order chi connectivity index (χ1) is 4.36. The second-order valence-corrected chi connectivity index (χ2v) is 2.70. The van der Waals surface area contributed by atoms with Crippen molar-refractivity contribution in [1.29, 1.82) is 0 Å². The molecular weight excluding hydrogens is 114 g/mol. The third-order valence-electron chi connectivity index (χ3n) is 2.00. The lowest BCUT2D eigenvalue weighted by atomic mass is 10.0. The third kappa shape index (κ3) is 1.66. The van der Waals surface area contributed by atoms with Crippen molar-refractivity contribution in [3.05, 3.63) is 0 Å². The van der Waals surface area contributed by atoms with Gasteiger partial charge in [0.2, 0.25) is 0 Å². The van der Waals surface area contributed by atoms with E-state index in [1.807, 2.05) is 0 Å². The number of ether oxygens (including phenoxy) is 1. The van der Waals surface area contributed by atoms with Gasteiger partial charge in [0.25, 0.3) is 0 Å². The van der Waals surface area contributed by atoms with Gasteiger partial charge in [-0.2, -0.15) is 0 Å². The summed E-state index contributed by atoms with van der Waals surface area (Å²) in [4.78, 5) is 0. The van der Waals surface area contributed by atoms with Gasteiger partial charge in [0, 0.05) is 13.2 Å². The van der Waals surface area contributed by atoms with Crippen LogP contribution in [-0.2, 0) is 4.74 Å². The number of hydrogen-bond donors (Lipinski definition) is 1. The minimum atomic E-state index is 0.356. The van der Waals surface area contributed by atoms with Gasteiger partial charge in [0.15, 0.2) is 0 Å². The third-order valence-corrected chi connectivity index (χ3v) is 2.00. The van der Waals surface area contributed by atoms with Gasteiger partial charge in [-0.25, -0.2) is 0 Å². The van der Waals surface area contributed by atoms with E-state index < -0.39 is 0 Å². The molecule has 1 rings (SSSR count). The Morgan fingerprint density at radius 2 is 2.44 bits per heavy atom. The highest BCUT2D eigenvalue weighted by Crippen LogP contribution is 2.20. The van der Waals surface area contributed by atoms with Crippen molar-refractivity contribution in [1.82, 2.24) is 0 Å². The fraction of sp³-hybridized carbons (Fsp3) is 1.00. The molecule has 0 aliphatic carbocycles. The molecule has 9 heavy (non-hydrogen) atoms. The van der Waals surface area contributed by atoms with Crippen LogP contribution >= 0.6 is 0 Å². The molecule has 2 atom stereocenters. The molecule has 1 aliphatic rings. The number of hydrogen-bond acceptors (Lipinski definition) is 2. The van der Waals surface area contributed by atoms with E-state index in [-0.39, 0.29) is 0 Å². The van der Waals surface area contributed by atoms with Crippen molar-refractivity contribution in [2.45, 2.75) is 25.9 Å². The fourth-order valence-corrected chi connectivity index (χ4v) is 1.23. The SMILES string of the molecule is CCC1COC(CN)C1. The van der Waals surface area contributed by atoms with E-state index in [0.717, 1.165) is 12.5 Å². The van der Waals surface area contributed by atoms with E-state index >= 15 is 0 Å². The second kappa shape index (κ2) is 3.18. The smallest absolute Gasteiger partial charge is 0.0700 e. The first kappa shape index (κ1) is 7.03. The highest BCUT2D eigenvalue weighted by Gasteiger charge is 2.22. The molecule has 0 aromatic carbocycles. The Balaban J connectivity index is 2.20. The lowest BCUT2D eigenvalue weighted by molar-refractivity contribution is 0.112. The van der Waals surface area contributed by atoms with Crippen molar-refractivity contribution in [2.75, 3.05) is 13.2 Å². The van der Waals surface area contributed by atoms with E-state index in [0.29, 0.717) is 12.6 Å². The molecule has 1 saturated heterocycles. The molecule has 0 amide bonds. The largest absolute Gasteiger partial charge is 0.377 e. The van der Waals surface area contributed by atoms with Gasteiger partial charge in [-0.3, -0.25) is 0 Å². The maximum Gasteiger partial charge on any atom is 0.0700 e. The van der Waals surface area contributed by atoms with Crippen LogP contribution in [0.15, 0.2) is 0 Å². The van der Waals surface area contributed by atoms with Crippen LogP contribution in [0.1, 0.15) is 19.8 Å². The minimum absolute atomic E-state index is 0.356. The van der Waals surface area contributed by atoms with Crippen molar-refractivity contribution >= 4 is 0 Å². The zero-order valence-electron chi connectivity index (χ0n) is 5.97. The topological polar surface area (TPSA) is 35.2 Å². The summed E-state index contributed by atoms with van der Waals surface area (Å²) in [5.41, 5.74) is 5.43. The van der Waals surface area contributed by atoms with Gasteiger partial charge < -0.3 is 10.5 Å². The molecule has 1 heterocycles. The van der Waals surface area contributed by atoms with Crippen LogP contribution in [0, 0.1) is 5.92 Å². The Bertz CT molecular complexity index is 75.0. The molecule has 2 nitrogen and oxygen atoms in total. The molecule has 2 N–H and O–H groups in total. The maximum atomic E-state index is 5.43. The molecule has 54 valence electrons. The molecule has 2 unspecified atom stereocenters. The zero-order valence-corrected chi connectivity index (χ0v) is 5.97. The summed E-state index contributed by atoms with van der Waals surface area (Å²) in [7, 11) is 0. The monoisotopic (exact) mass is 129 g/mol. The van der Waals surface area contributed by atoms with Crippen LogP contribution in [0.3, 0.4) is 0 Å². The van der Waals surface area contributed by atoms with E-state index in [1.165, 1.54) is 12.8 Å². The predicted molar refractivity (Wildman–Crippen MR) is 37.2 cm³/mol. The van der Waals surface area contributed by atoms with E-state index in [2.05, 4.69) is 6.92 Å². The summed E-state index contributed by atoms with van der Waals surface area (Å²) in [6.45, 7) is 3.82. The van der Waals surface area contributed by atoms with Crippen LogP contribution in [-0.4, -0.2) is 19.3 Å². The van der Waals surface area contributed by atoms with Gasteiger partial charge in [0.1, 0.15) is 0 Å². The van der Waals surface area contributed by atoms with Gasteiger partial charge in [0.05, 0.1) is 6.10 Å². The predicted octanol–water partition coefficient (Wildman–Crippen LogP) is 0.760. The molecule has 1 fully saturated rings. The molecule has 0 spiro atoms. The molecule has 2 heteroatoms. The molecule has 0 aromatic heterocycles. The van der Waals surface area contributed by atoms with Crippen LogP contribution in [0.4, 0.5) is 0 Å². The normalized spacial score (nSPS) is 35.3. The summed E-state index contributed by atoms with van der Waals surface area (Å²) in [6, 6.07) is 0. The van der Waals surface area contributed by atoms with Crippen molar-refractivity contribution in [3.8, 4) is 0 Å². The van der Waals surface area contributed by atoms with E-state index in [4.69, 9.17) is 10.5 Å². The molecule has 1 aliphatic heterocycles. The minimum Gasteiger partial charge on any atom is -0.377 e. The average Bonchev–Trinajstić information content (AvgIpc) is 2.34. The molecule has 0 bridgehead atoms. The lowest BCUT2D eigenvalue weighted by Crippen LogP contribution is -2.18. The van der Waals surface area contributed by atoms with Gasteiger partial charge in [-0.05, 0) is 12.3 Å². The summed E-state index contributed by atoms with van der Waals surface area (Å²) < 4.78 is 5.38. The van der Waals surface area contributed by atoms with Gasteiger partial charge in [-0.1, -0.05) is 13.3 Å².